The van der Waals surface area contributed by atoms with Gasteiger partial charge in [0.05, 0.1) is 6.61 Å². The van der Waals surface area contributed by atoms with Gasteiger partial charge in [0.2, 0.25) is 0 Å². The zero-order valence-corrected chi connectivity index (χ0v) is 13.5. The van der Waals surface area contributed by atoms with Gasteiger partial charge >= 0.3 is 0 Å². The Bertz CT molecular complexity index is 895. The van der Waals surface area contributed by atoms with E-state index < -0.39 is 0 Å². The topological polar surface area (TPSA) is 56.2 Å². The van der Waals surface area contributed by atoms with Crippen LogP contribution in [0.15, 0.2) is 48.8 Å². The minimum atomic E-state index is -0.140. The number of amides is 1. The molecule has 1 aliphatic rings. The molecule has 5 heteroatoms. The van der Waals surface area contributed by atoms with Gasteiger partial charge in [0.15, 0.2) is 0 Å². The second kappa shape index (κ2) is 6.09. The predicted octanol–water partition coefficient (Wildman–Crippen LogP) is 3.33. The lowest BCUT2D eigenvalue weighted by Gasteiger charge is -2.10. The Morgan fingerprint density at radius 1 is 1.33 bits per heavy atom. The van der Waals surface area contributed by atoms with Crippen molar-refractivity contribution in [1.29, 1.82) is 0 Å². The van der Waals surface area contributed by atoms with E-state index in [0.717, 1.165) is 36.1 Å². The molecular weight excluding hydrogens is 302 g/mol. The lowest BCUT2D eigenvalue weighted by atomic mass is 10.00. The van der Waals surface area contributed by atoms with Crippen LogP contribution in [0.4, 0.5) is 5.82 Å². The van der Waals surface area contributed by atoms with Crippen LogP contribution in [0.1, 0.15) is 28.3 Å². The van der Waals surface area contributed by atoms with Crippen LogP contribution in [-0.2, 0) is 11.8 Å². The summed E-state index contributed by atoms with van der Waals surface area (Å²) in [7, 11) is 1.97. The summed E-state index contributed by atoms with van der Waals surface area (Å²) >= 11 is 0. The first kappa shape index (κ1) is 14.9. The number of anilines is 1. The summed E-state index contributed by atoms with van der Waals surface area (Å²) in [6.45, 7) is 1.53. The molecule has 122 valence electrons. The molecule has 1 unspecified atom stereocenters. The molecule has 0 spiro atoms. The van der Waals surface area contributed by atoms with E-state index in [1.165, 1.54) is 0 Å². The molecule has 1 atom stereocenters. The molecule has 0 bridgehead atoms. The average Bonchev–Trinajstić information content (AvgIpc) is 3.25. The highest BCUT2D eigenvalue weighted by atomic mass is 16.5. The number of benzene rings is 1. The quantitative estimate of drug-likeness (QED) is 0.805. The highest BCUT2D eigenvalue weighted by molar-refractivity contribution is 6.12. The molecule has 1 aromatic carbocycles. The zero-order chi connectivity index (χ0) is 16.5. The van der Waals surface area contributed by atoms with Crippen molar-refractivity contribution in [3.8, 4) is 0 Å². The Balaban J connectivity index is 1.60. The van der Waals surface area contributed by atoms with Crippen LogP contribution < -0.4 is 5.32 Å². The SMILES string of the molecule is Cn1ccc2c(C(=O)Nc3cc(C4CCOC4)ccn3)cccc21. The van der Waals surface area contributed by atoms with E-state index in [1.54, 1.807) is 6.20 Å². The van der Waals surface area contributed by atoms with E-state index in [-0.39, 0.29) is 5.91 Å². The summed E-state index contributed by atoms with van der Waals surface area (Å²) in [5, 5.41) is 3.87. The molecule has 4 rings (SSSR count). The van der Waals surface area contributed by atoms with Crippen molar-refractivity contribution < 1.29 is 9.53 Å². The van der Waals surface area contributed by atoms with Crippen LogP contribution in [0, 0.1) is 0 Å². The van der Waals surface area contributed by atoms with Crippen molar-refractivity contribution >= 4 is 22.6 Å². The minimum absolute atomic E-state index is 0.140. The highest BCUT2D eigenvalue weighted by Crippen LogP contribution is 2.26. The molecule has 1 aliphatic heterocycles. The van der Waals surface area contributed by atoms with Gasteiger partial charge in [-0.25, -0.2) is 4.98 Å². The normalized spacial score (nSPS) is 17.3. The third-order valence-electron chi connectivity index (χ3n) is 4.60. The van der Waals surface area contributed by atoms with Crippen LogP contribution in [0.5, 0.6) is 0 Å². The monoisotopic (exact) mass is 321 g/mol. The van der Waals surface area contributed by atoms with Gasteiger partial charge < -0.3 is 14.6 Å². The van der Waals surface area contributed by atoms with Crippen molar-refractivity contribution in [3.63, 3.8) is 0 Å². The predicted molar refractivity (Wildman–Crippen MR) is 93.3 cm³/mol. The van der Waals surface area contributed by atoms with Crippen molar-refractivity contribution in [3.05, 3.63) is 59.9 Å². The second-order valence-electron chi connectivity index (χ2n) is 6.15. The maximum Gasteiger partial charge on any atom is 0.257 e. The van der Waals surface area contributed by atoms with Crippen LogP contribution in [0.3, 0.4) is 0 Å². The first-order valence-electron chi connectivity index (χ1n) is 8.11. The molecule has 1 saturated heterocycles. The van der Waals surface area contributed by atoms with Gasteiger partial charge in [-0.3, -0.25) is 4.79 Å². The van der Waals surface area contributed by atoms with Crippen molar-refractivity contribution in [1.82, 2.24) is 9.55 Å². The third kappa shape index (κ3) is 2.67. The third-order valence-corrected chi connectivity index (χ3v) is 4.60. The van der Waals surface area contributed by atoms with Gasteiger partial charge in [-0.1, -0.05) is 6.07 Å². The lowest BCUT2D eigenvalue weighted by molar-refractivity contribution is 0.102. The zero-order valence-electron chi connectivity index (χ0n) is 13.5. The van der Waals surface area contributed by atoms with Gasteiger partial charge in [-0.15, -0.1) is 0 Å². The number of aryl methyl sites for hydroxylation is 1. The number of fused-ring (bicyclic) bond motifs is 1. The molecule has 1 N–H and O–H groups in total. The van der Waals surface area contributed by atoms with Crippen molar-refractivity contribution in [2.24, 2.45) is 7.05 Å². The number of ether oxygens (including phenoxy) is 1. The number of carbonyl (C=O) groups excluding carboxylic acids is 1. The van der Waals surface area contributed by atoms with Crippen LogP contribution in [-0.4, -0.2) is 28.7 Å². The van der Waals surface area contributed by atoms with Crippen LogP contribution >= 0.6 is 0 Å². The van der Waals surface area contributed by atoms with Crippen molar-refractivity contribution in [2.75, 3.05) is 18.5 Å². The Kier molecular flexibility index (Phi) is 3.78. The van der Waals surface area contributed by atoms with E-state index in [4.69, 9.17) is 4.74 Å². The van der Waals surface area contributed by atoms with Gasteiger partial charge in [0.1, 0.15) is 5.82 Å². The number of hydrogen-bond acceptors (Lipinski definition) is 3. The summed E-state index contributed by atoms with van der Waals surface area (Å²) in [5.41, 5.74) is 2.85. The highest BCUT2D eigenvalue weighted by Gasteiger charge is 2.19. The van der Waals surface area contributed by atoms with E-state index in [9.17, 15) is 4.79 Å². The number of carbonyl (C=O) groups is 1. The number of hydrogen-bond donors (Lipinski definition) is 1. The number of aromatic nitrogens is 2. The minimum Gasteiger partial charge on any atom is -0.381 e. The summed E-state index contributed by atoms with van der Waals surface area (Å²) in [5.74, 6) is 0.831. The molecule has 3 heterocycles. The molecule has 1 amide bonds. The fourth-order valence-corrected chi connectivity index (χ4v) is 3.25. The summed E-state index contributed by atoms with van der Waals surface area (Å²) in [6, 6.07) is 11.6. The maximum absolute atomic E-state index is 12.7. The molecule has 0 saturated carbocycles. The van der Waals surface area contributed by atoms with E-state index in [0.29, 0.717) is 17.3 Å². The van der Waals surface area contributed by atoms with Crippen LogP contribution in [0.2, 0.25) is 0 Å². The Morgan fingerprint density at radius 2 is 2.25 bits per heavy atom. The van der Waals surface area contributed by atoms with E-state index >= 15 is 0 Å². The standard InChI is InChI=1S/C19H19N3O2/c1-22-9-6-15-16(3-2-4-17(15)22)19(23)21-18-11-13(5-8-20-18)14-7-10-24-12-14/h2-6,8-9,11,14H,7,10,12H2,1H3,(H,20,21,23). The summed E-state index contributed by atoms with van der Waals surface area (Å²) in [6.07, 6.45) is 4.72. The number of pyridine rings is 1. The summed E-state index contributed by atoms with van der Waals surface area (Å²) < 4.78 is 7.45. The molecule has 1 fully saturated rings. The first-order valence-corrected chi connectivity index (χ1v) is 8.11. The number of rotatable bonds is 3. The van der Waals surface area contributed by atoms with Gasteiger partial charge in [0, 0.05) is 48.4 Å². The van der Waals surface area contributed by atoms with Crippen molar-refractivity contribution in [2.45, 2.75) is 12.3 Å². The van der Waals surface area contributed by atoms with E-state index in [1.807, 2.05) is 54.2 Å². The lowest BCUT2D eigenvalue weighted by Crippen LogP contribution is -2.13. The van der Waals surface area contributed by atoms with Crippen LogP contribution in [0.25, 0.3) is 10.9 Å². The smallest absolute Gasteiger partial charge is 0.257 e. The number of nitrogens with one attached hydrogen (secondary N) is 1. The molecule has 3 aromatic rings. The van der Waals surface area contributed by atoms with Gasteiger partial charge in [0.25, 0.3) is 5.91 Å². The molecular formula is C19H19N3O2. The largest absolute Gasteiger partial charge is 0.381 e. The fraction of sp³-hybridized carbons (Fsp3) is 0.263. The summed E-state index contributed by atoms with van der Waals surface area (Å²) in [4.78, 5) is 17.0. The number of nitrogens with zero attached hydrogens (tertiary/aromatic N) is 2. The Morgan fingerprint density at radius 3 is 3.08 bits per heavy atom. The fourth-order valence-electron chi connectivity index (χ4n) is 3.25. The van der Waals surface area contributed by atoms with E-state index in [2.05, 4.69) is 10.3 Å². The molecule has 5 nitrogen and oxygen atoms in total. The Hall–Kier alpha value is -2.66. The Labute approximate surface area is 140 Å². The average molecular weight is 321 g/mol. The molecule has 0 aliphatic carbocycles. The van der Waals surface area contributed by atoms with Gasteiger partial charge in [-0.2, -0.15) is 0 Å². The molecule has 24 heavy (non-hydrogen) atoms. The second-order valence-corrected chi connectivity index (χ2v) is 6.15. The molecule has 2 aromatic heterocycles. The van der Waals surface area contributed by atoms with Gasteiger partial charge in [-0.05, 0) is 42.3 Å². The molecule has 0 radical (unpaired) electrons. The maximum atomic E-state index is 12.7. The first-order chi connectivity index (χ1) is 11.7.